The van der Waals surface area contributed by atoms with E-state index in [0.29, 0.717) is 5.69 Å². The lowest BCUT2D eigenvalue weighted by molar-refractivity contribution is 0.577. The zero-order valence-electron chi connectivity index (χ0n) is 11.7. The molecule has 0 aliphatic heterocycles. The summed E-state index contributed by atoms with van der Waals surface area (Å²) < 4.78 is 40.7. The van der Waals surface area contributed by atoms with E-state index in [4.69, 9.17) is 5.73 Å². The van der Waals surface area contributed by atoms with Gasteiger partial charge in [0.25, 0.3) is 0 Å². The van der Waals surface area contributed by atoms with Gasteiger partial charge < -0.3 is 5.73 Å². The van der Waals surface area contributed by atoms with E-state index in [9.17, 15) is 12.8 Å². The van der Waals surface area contributed by atoms with Crippen LogP contribution in [-0.4, -0.2) is 13.4 Å². The number of thiazole rings is 1. The molecule has 0 saturated carbocycles. The summed E-state index contributed by atoms with van der Waals surface area (Å²) in [5.74, 6) is -0.466. The number of nitrogens with one attached hydrogen (secondary N) is 1. The number of aromatic nitrogens is 1. The first-order chi connectivity index (χ1) is 9.83. The third kappa shape index (κ3) is 3.65. The lowest BCUT2D eigenvalue weighted by atomic mass is 10.1. The largest absolute Gasteiger partial charge is 0.326 e. The van der Waals surface area contributed by atoms with E-state index in [1.165, 1.54) is 30.4 Å². The van der Waals surface area contributed by atoms with Crippen LogP contribution in [0.25, 0.3) is 0 Å². The van der Waals surface area contributed by atoms with Gasteiger partial charge in [-0.1, -0.05) is 0 Å². The van der Waals surface area contributed by atoms with Crippen LogP contribution >= 0.6 is 11.3 Å². The molecular formula is C13H16FN3O2S2. The Labute approximate surface area is 127 Å². The van der Waals surface area contributed by atoms with Crippen molar-refractivity contribution in [1.29, 1.82) is 0 Å². The molecule has 8 heteroatoms. The summed E-state index contributed by atoms with van der Waals surface area (Å²) in [7, 11) is -3.73. The van der Waals surface area contributed by atoms with Crippen LogP contribution in [0.5, 0.6) is 0 Å². The van der Waals surface area contributed by atoms with Crippen molar-refractivity contribution in [2.75, 3.05) is 0 Å². The summed E-state index contributed by atoms with van der Waals surface area (Å²) in [5, 5.41) is 2.66. The summed E-state index contributed by atoms with van der Waals surface area (Å²) >= 11 is 1.45. The molecule has 0 atom stereocenters. The number of nitrogens with two attached hydrogens (primary N) is 1. The molecule has 0 aliphatic rings. The smallest absolute Gasteiger partial charge is 0.240 e. The normalized spacial score (nSPS) is 11.8. The van der Waals surface area contributed by atoms with Crippen molar-refractivity contribution < 1.29 is 12.8 Å². The predicted octanol–water partition coefficient (Wildman–Crippen LogP) is 1.84. The van der Waals surface area contributed by atoms with Crippen LogP contribution in [0.3, 0.4) is 0 Å². The van der Waals surface area contributed by atoms with E-state index in [2.05, 4.69) is 9.71 Å². The number of aryl methyl sites for hydroxylation is 2. The summed E-state index contributed by atoms with van der Waals surface area (Å²) in [5.41, 5.74) is 6.52. The molecule has 1 heterocycles. The third-order valence-electron chi connectivity index (χ3n) is 2.94. The standard InChI is InChI=1S/C13H16FN3O2S2/c1-8-3-12(4-10(5-15)13(8)14)21(18,19)16-6-11-7-20-9(2)17-11/h3-4,7,16H,5-6,15H2,1-2H3. The molecule has 21 heavy (non-hydrogen) atoms. The number of halogens is 1. The second-order valence-electron chi connectivity index (χ2n) is 4.60. The first-order valence-electron chi connectivity index (χ1n) is 6.23. The maximum Gasteiger partial charge on any atom is 0.240 e. The summed E-state index contributed by atoms with van der Waals surface area (Å²) in [6, 6.07) is 2.56. The highest BCUT2D eigenvalue weighted by Gasteiger charge is 2.18. The Hall–Kier alpha value is -1.35. The molecule has 0 spiro atoms. The SMILES string of the molecule is Cc1nc(CNS(=O)(=O)c2cc(C)c(F)c(CN)c2)cs1. The van der Waals surface area contributed by atoms with Crippen molar-refractivity contribution >= 4 is 21.4 Å². The van der Waals surface area contributed by atoms with Gasteiger partial charge in [-0.25, -0.2) is 22.5 Å². The molecule has 3 N–H and O–H groups in total. The minimum absolute atomic E-state index is 0.00815. The molecule has 0 unspecified atom stereocenters. The Balaban J connectivity index is 2.25. The Morgan fingerprint density at radius 2 is 2.10 bits per heavy atom. The fourth-order valence-corrected chi connectivity index (χ4v) is 3.60. The summed E-state index contributed by atoms with van der Waals surface area (Å²) in [6.45, 7) is 3.40. The first kappa shape index (κ1) is 16.0. The van der Waals surface area contributed by atoms with E-state index in [-0.39, 0.29) is 29.1 Å². The van der Waals surface area contributed by atoms with E-state index in [1.54, 1.807) is 5.38 Å². The molecule has 0 aliphatic carbocycles. The van der Waals surface area contributed by atoms with Gasteiger partial charge in [-0.05, 0) is 31.5 Å². The zero-order valence-corrected chi connectivity index (χ0v) is 13.3. The number of benzene rings is 1. The van der Waals surface area contributed by atoms with Gasteiger partial charge in [-0.2, -0.15) is 0 Å². The van der Waals surface area contributed by atoms with Crippen LogP contribution in [-0.2, 0) is 23.1 Å². The van der Waals surface area contributed by atoms with Crippen LogP contribution in [0.4, 0.5) is 4.39 Å². The molecule has 5 nitrogen and oxygen atoms in total. The van der Waals surface area contributed by atoms with Crippen molar-refractivity contribution in [3.8, 4) is 0 Å². The van der Waals surface area contributed by atoms with Crippen LogP contribution in [0, 0.1) is 19.7 Å². The van der Waals surface area contributed by atoms with Crippen molar-refractivity contribution in [2.45, 2.75) is 31.8 Å². The minimum Gasteiger partial charge on any atom is -0.326 e. The highest BCUT2D eigenvalue weighted by Crippen LogP contribution is 2.19. The molecule has 2 aromatic rings. The lowest BCUT2D eigenvalue weighted by Gasteiger charge is -2.10. The topological polar surface area (TPSA) is 85.1 Å². The van der Waals surface area contributed by atoms with Gasteiger partial charge >= 0.3 is 0 Å². The van der Waals surface area contributed by atoms with Gasteiger partial charge in [0.15, 0.2) is 0 Å². The van der Waals surface area contributed by atoms with Gasteiger partial charge in [0.2, 0.25) is 10.0 Å². The molecule has 0 fully saturated rings. The Kier molecular flexibility index (Phi) is 4.72. The molecule has 1 aromatic heterocycles. The number of nitrogens with zero attached hydrogens (tertiary/aromatic N) is 1. The summed E-state index contributed by atoms with van der Waals surface area (Å²) in [4.78, 5) is 4.19. The Bertz CT molecular complexity index is 757. The lowest BCUT2D eigenvalue weighted by Crippen LogP contribution is -2.24. The van der Waals surface area contributed by atoms with Crippen molar-refractivity contribution in [3.63, 3.8) is 0 Å². The fourth-order valence-electron chi connectivity index (χ4n) is 1.85. The molecule has 0 saturated heterocycles. The van der Waals surface area contributed by atoms with Gasteiger partial charge in [-0.3, -0.25) is 0 Å². The van der Waals surface area contributed by atoms with E-state index < -0.39 is 15.8 Å². The summed E-state index contributed by atoms with van der Waals surface area (Å²) in [6.07, 6.45) is 0. The van der Waals surface area contributed by atoms with E-state index in [0.717, 1.165) is 5.01 Å². The molecule has 0 amide bonds. The van der Waals surface area contributed by atoms with Crippen LogP contribution in [0.1, 0.15) is 21.8 Å². The van der Waals surface area contributed by atoms with Crippen LogP contribution in [0.15, 0.2) is 22.4 Å². The zero-order chi connectivity index (χ0) is 15.6. The Morgan fingerprint density at radius 1 is 1.38 bits per heavy atom. The molecular weight excluding hydrogens is 313 g/mol. The maximum atomic E-state index is 13.7. The number of sulfonamides is 1. The fraction of sp³-hybridized carbons (Fsp3) is 0.308. The van der Waals surface area contributed by atoms with Crippen molar-refractivity contribution in [3.05, 3.63) is 45.2 Å². The average Bonchev–Trinajstić information content (AvgIpc) is 2.85. The van der Waals surface area contributed by atoms with E-state index in [1.807, 2.05) is 6.92 Å². The minimum atomic E-state index is -3.73. The predicted molar refractivity (Wildman–Crippen MR) is 79.9 cm³/mol. The van der Waals surface area contributed by atoms with Crippen molar-refractivity contribution in [2.24, 2.45) is 5.73 Å². The van der Waals surface area contributed by atoms with Gasteiger partial charge in [0, 0.05) is 17.5 Å². The highest BCUT2D eigenvalue weighted by molar-refractivity contribution is 7.89. The van der Waals surface area contributed by atoms with Gasteiger partial charge in [-0.15, -0.1) is 11.3 Å². The number of hydrogen-bond donors (Lipinski definition) is 2. The van der Waals surface area contributed by atoms with Gasteiger partial charge in [0.05, 0.1) is 22.1 Å². The molecule has 0 radical (unpaired) electrons. The van der Waals surface area contributed by atoms with Crippen molar-refractivity contribution in [1.82, 2.24) is 9.71 Å². The third-order valence-corrected chi connectivity index (χ3v) is 5.15. The number of hydrogen-bond acceptors (Lipinski definition) is 5. The van der Waals surface area contributed by atoms with E-state index >= 15 is 0 Å². The molecule has 114 valence electrons. The highest BCUT2D eigenvalue weighted by atomic mass is 32.2. The van der Waals surface area contributed by atoms with Gasteiger partial charge in [0.1, 0.15) is 5.82 Å². The van der Waals surface area contributed by atoms with Crippen LogP contribution in [0.2, 0.25) is 0 Å². The van der Waals surface area contributed by atoms with Crippen LogP contribution < -0.4 is 10.5 Å². The quantitative estimate of drug-likeness (QED) is 0.876. The average molecular weight is 329 g/mol. The molecule has 0 bridgehead atoms. The monoisotopic (exact) mass is 329 g/mol. The Morgan fingerprint density at radius 3 is 2.67 bits per heavy atom. The maximum absolute atomic E-state index is 13.7. The second kappa shape index (κ2) is 6.18. The number of rotatable bonds is 5. The first-order valence-corrected chi connectivity index (χ1v) is 8.59. The second-order valence-corrected chi connectivity index (χ2v) is 7.43. The molecule has 2 rings (SSSR count). The molecule has 1 aromatic carbocycles.